The average Bonchev–Trinajstić information content (AvgIpc) is 1.57. The van der Waals surface area contributed by atoms with Crippen LogP contribution in [0.5, 0.6) is 5.75 Å². The molecule has 12 heterocycles. The van der Waals surface area contributed by atoms with Gasteiger partial charge in [-0.1, -0.05) is 132 Å². The second kappa shape index (κ2) is 46.1. The van der Waals surface area contributed by atoms with Crippen molar-refractivity contribution in [1.82, 2.24) is 59.8 Å². The average molecular weight is 1820 g/mol. The first-order valence-electron chi connectivity index (χ1n) is 39.4. The molecule has 0 unspecified atom stereocenters. The minimum Gasteiger partial charge on any atom is -0.496 e. The van der Waals surface area contributed by atoms with Crippen molar-refractivity contribution in [2.24, 2.45) is 0 Å². The standard InChI is InChI=1S/C18H13FN2OS.C18H11N3S.C18H14N2S.C17H11ClN2S.2C17H11FN2S/c1-12-21-15(11-23-12)6-3-13-4-7-17(20-10-13)16-9-14(19)5-8-18(16)22-2;1-13-21-16(12-22-13)8-6-14-7-9-18(20-11-14)17-5-3-2-4-15(17)10-19;1-13-5-3-4-6-17(13)18-10-8-15(11-19-18)7-9-16-12-21-14(2)20-16;1-12-20-14(11-21-12)8-6-13-7-9-17(19-10-13)15-4-2-3-5-16(15)18;1-12-20-16(11-21-12)7-5-13-6-8-17(19-10-13)14-3-2-4-15(18)9-14;1-12-20-14(11-21-12)8-6-13-7-9-17(19-10-13)15-4-2-3-5-16(15)18/h4-5,7-11H,1-2H3;2-5,7,9,11-12H,1H3;3-6,8,10-12H,1-2H3;2-5,7,9-11H,1H3;2-4,6,8-11H,1H3;2-5,7,9-11H,1H3. The molecule has 0 bridgehead atoms. The number of hydrogen-bond donors (Lipinski definition) is 0. The topological polar surface area (TPSA) is 188 Å². The van der Waals surface area contributed by atoms with E-state index in [4.69, 9.17) is 21.6 Å². The third-order valence-electron chi connectivity index (χ3n) is 17.9. The number of nitriles is 1. The summed E-state index contributed by atoms with van der Waals surface area (Å²) >= 11 is 15.7. The summed E-state index contributed by atoms with van der Waals surface area (Å²) in [5, 5.41) is 27.5. The summed E-state index contributed by atoms with van der Waals surface area (Å²) in [7, 11) is 1.55. The van der Waals surface area contributed by atoms with Crippen LogP contribution in [0.2, 0.25) is 5.02 Å². The molecule has 0 atom stereocenters. The molecule has 0 fully saturated rings. The second-order valence-corrected chi connectivity index (χ2v) is 34.2. The highest BCUT2D eigenvalue weighted by Gasteiger charge is 2.13. The predicted octanol–water partition coefficient (Wildman–Crippen LogP) is 24.7. The molecule has 0 aliphatic heterocycles. The zero-order chi connectivity index (χ0) is 90.2. The van der Waals surface area contributed by atoms with Gasteiger partial charge in [0.25, 0.3) is 0 Å². The van der Waals surface area contributed by atoms with Crippen molar-refractivity contribution < 1.29 is 17.9 Å². The summed E-state index contributed by atoms with van der Waals surface area (Å²) in [5.41, 5.74) is 20.8. The zero-order valence-electron chi connectivity index (χ0n) is 70.3. The number of ether oxygens (including phenoxy) is 1. The first-order valence-corrected chi connectivity index (χ1v) is 45.0. The summed E-state index contributed by atoms with van der Waals surface area (Å²) in [6.07, 6.45) is 10.3. The van der Waals surface area contributed by atoms with Crippen molar-refractivity contribution in [2.45, 2.75) is 48.5 Å². The molecule has 18 aromatic rings. The van der Waals surface area contributed by atoms with E-state index in [-0.39, 0.29) is 17.5 Å². The summed E-state index contributed by atoms with van der Waals surface area (Å²) < 4.78 is 45.6. The van der Waals surface area contributed by atoms with E-state index in [1.807, 2.05) is 201 Å². The van der Waals surface area contributed by atoms with Gasteiger partial charge in [0.05, 0.1) is 83.0 Å². The van der Waals surface area contributed by atoms with Gasteiger partial charge in [-0.3, -0.25) is 29.9 Å². The van der Waals surface area contributed by atoms with Crippen LogP contribution < -0.4 is 4.74 Å². The lowest BCUT2D eigenvalue weighted by Gasteiger charge is -2.07. The Morgan fingerprint density at radius 2 is 0.612 bits per heavy atom. The van der Waals surface area contributed by atoms with E-state index >= 15 is 0 Å². The van der Waals surface area contributed by atoms with Crippen LogP contribution in [-0.2, 0) is 0 Å². The lowest BCUT2D eigenvalue weighted by Crippen LogP contribution is -1.91. The van der Waals surface area contributed by atoms with Crippen molar-refractivity contribution in [3.63, 3.8) is 0 Å². The smallest absolute Gasteiger partial charge is 0.132 e. The number of aryl methyl sites for hydroxylation is 7. The molecule has 0 spiro atoms. The van der Waals surface area contributed by atoms with E-state index in [1.54, 1.807) is 155 Å². The molecular formula is C105H71ClF3N13OS6. The molecule has 0 saturated carbocycles. The number of methoxy groups -OCH3 is 1. The highest BCUT2D eigenvalue weighted by Crippen LogP contribution is 2.31. The van der Waals surface area contributed by atoms with Crippen molar-refractivity contribution in [3.05, 3.63) is 413 Å². The van der Waals surface area contributed by atoms with Crippen LogP contribution in [0, 0.1) is 148 Å². The molecule has 18 rings (SSSR count). The van der Waals surface area contributed by atoms with Crippen LogP contribution in [0.25, 0.3) is 67.5 Å². The van der Waals surface area contributed by atoms with Crippen LogP contribution >= 0.6 is 79.6 Å². The molecule has 0 saturated heterocycles. The molecule has 6 aromatic carbocycles. The maximum Gasteiger partial charge on any atom is 0.132 e. The Labute approximate surface area is 775 Å². The van der Waals surface area contributed by atoms with Gasteiger partial charge in [-0.05, 0) is 217 Å². The minimum absolute atomic E-state index is 0.267. The molecule has 12 aromatic heterocycles. The normalized spacial score (nSPS) is 9.95. The van der Waals surface area contributed by atoms with Gasteiger partial charge < -0.3 is 4.74 Å². The lowest BCUT2D eigenvalue weighted by molar-refractivity contribution is 0.415. The van der Waals surface area contributed by atoms with E-state index in [9.17, 15) is 13.2 Å². The largest absolute Gasteiger partial charge is 0.496 e. The van der Waals surface area contributed by atoms with Crippen LogP contribution in [0.4, 0.5) is 13.2 Å². The first-order chi connectivity index (χ1) is 62.8. The molecule has 626 valence electrons. The molecule has 0 aliphatic carbocycles. The Kier molecular flexibility index (Phi) is 32.7. The lowest BCUT2D eigenvalue weighted by atomic mass is 10.0. The quantitative estimate of drug-likeness (QED) is 0.137. The van der Waals surface area contributed by atoms with Gasteiger partial charge in [0.1, 0.15) is 57.4 Å². The van der Waals surface area contributed by atoms with Crippen molar-refractivity contribution in [2.75, 3.05) is 7.11 Å². The van der Waals surface area contributed by atoms with E-state index in [1.165, 1.54) is 35.9 Å². The monoisotopic (exact) mass is 1810 g/mol. The van der Waals surface area contributed by atoms with E-state index in [2.05, 4.69) is 156 Å². The highest BCUT2D eigenvalue weighted by atomic mass is 35.5. The van der Waals surface area contributed by atoms with Gasteiger partial charge in [0.2, 0.25) is 0 Å². The number of thiazole rings is 6. The number of hydrogen-bond acceptors (Lipinski definition) is 20. The highest BCUT2D eigenvalue weighted by molar-refractivity contribution is 7.11. The fraction of sp³-hybridized carbons (Fsp3) is 0.0762. The van der Waals surface area contributed by atoms with E-state index in [0.717, 1.165) is 143 Å². The Balaban J connectivity index is 0.000000132. The Bertz CT molecular complexity index is 7040. The number of benzene rings is 6. The van der Waals surface area contributed by atoms with Gasteiger partial charge in [0, 0.05) is 141 Å². The second-order valence-electron chi connectivity index (χ2n) is 27.4. The number of nitrogens with zero attached hydrogens (tertiary/aromatic N) is 13. The van der Waals surface area contributed by atoms with Crippen LogP contribution in [0.3, 0.4) is 0 Å². The molecule has 0 aliphatic rings. The summed E-state index contributed by atoms with van der Waals surface area (Å²) in [6.45, 7) is 13.8. The van der Waals surface area contributed by atoms with Crippen molar-refractivity contribution in [1.29, 1.82) is 5.26 Å². The van der Waals surface area contributed by atoms with Crippen molar-refractivity contribution >= 4 is 79.6 Å². The SMILES string of the molecule is COc1ccc(F)cc1-c1ccc(C#Cc2csc(C)n2)cn1.Cc1nc(C#Cc2ccc(-c3cccc(F)c3)nc2)cs1.Cc1nc(C#Cc2ccc(-c3ccccc3C#N)nc2)cs1.Cc1nc(C#Cc2ccc(-c3ccccc3C)nc2)cs1.Cc1nc(C#Cc2ccc(-c3ccccc3Cl)nc2)cs1.Cc1nc(C#Cc2ccc(-c3ccccc3F)nc2)cs1. The third-order valence-corrected chi connectivity index (χ3v) is 22.9. The maximum absolute atomic E-state index is 13.7. The van der Waals surface area contributed by atoms with E-state index in [0.29, 0.717) is 38.9 Å². The third kappa shape index (κ3) is 27.6. The van der Waals surface area contributed by atoms with Gasteiger partial charge in [-0.15, -0.1) is 68.0 Å². The minimum atomic E-state index is -0.328. The predicted molar refractivity (Wildman–Crippen MR) is 516 cm³/mol. The van der Waals surface area contributed by atoms with Gasteiger partial charge in [-0.25, -0.2) is 43.1 Å². The molecule has 0 amide bonds. The summed E-state index contributed by atoms with van der Waals surface area (Å²) in [5.74, 6) is 36.1. The summed E-state index contributed by atoms with van der Waals surface area (Å²) in [4.78, 5) is 52.1. The van der Waals surface area contributed by atoms with Crippen LogP contribution in [-0.4, -0.2) is 66.9 Å². The number of halogens is 4. The fourth-order valence-electron chi connectivity index (χ4n) is 11.6. The Morgan fingerprint density at radius 1 is 0.295 bits per heavy atom. The molecular weight excluding hydrogens is 1740 g/mol. The summed E-state index contributed by atoms with van der Waals surface area (Å²) in [6, 6.07) is 65.5. The number of aromatic nitrogens is 12. The maximum atomic E-state index is 13.7. The van der Waals surface area contributed by atoms with Gasteiger partial charge >= 0.3 is 0 Å². The molecule has 129 heavy (non-hydrogen) atoms. The van der Waals surface area contributed by atoms with Crippen molar-refractivity contribution in [3.8, 4) is 150 Å². The molecule has 0 N–H and O–H groups in total. The fourth-order valence-corrected chi connectivity index (χ4v) is 15.1. The molecule has 24 heteroatoms. The van der Waals surface area contributed by atoms with Gasteiger partial charge in [-0.2, -0.15) is 5.26 Å². The molecule has 14 nitrogen and oxygen atoms in total. The van der Waals surface area contributed by atoms with Crippen LogP contribution in [0.1, 0.15) is 109 Å². The Hall–Kier alpha value is -15.3. The zero-order valence-corrected chi connectivity index (χ0v) is 76.0. The number of pyridine rings is 6. The van der Waals surface area contributed by atoms with Crippen LogP contribution in [0.15, 0.2) is 282 Å². The first kappa shape index (κ1) is 91.4. The van der Waals surface area contributed by atoms with E-state index < -0.39 is 0 Å². The molecule has 0 radical (unpaired) electrons. The van der Waals surface area contributed by atoms with Gasteiger partial charge in [0.15, 0.2) is 0 Å². The Morgan fingerprint density at radius 3 is 0.953 bits per heavy atom. The number of rotatable bonds is 7.